The molecule has 3 rings (SSSR count). The van der Waals surface area contributed by atoms with Crippen molar-refractivity contribution in [3.63, 3.8) is 0 Å². The van der Waals surface area contributed by atoms with E-state index in [2.05, 4.69) is 19.2 Å². The van der Waals surface area contributed by atoms with Gasteiger partial charge in [-0.2, -0.15) is 0 Å². The Kier molecular flexibility index (Phi) is 8.94. The van der Waals surface area contributed by atoms with E-state index in [0.29, 0.717) is 42.7 Å². The molecule has 0 saturated carbocycles. The van der Waals surface area contributed by atoms with Gasteiger partial charge in [0.05, 0.1) is 7.11 Å². The Balaban J connectivity index is 1.82. The van der Waals surface area contributed by atoms with Gasteiger partial charge < -0.3 is 19.5 Å². The molecule has 2 aromatic rings. The van der Waals surface area contributed by atoms with Crippen LogP contribution in [0.3, 0.4) is 0 Å². The van der Waals surface area contributed by atoms with Crippen molar-refractivity contribution in [2.45, 2.75) is 39.7 Å². The molecule has 0 bridgehead atoms. The van der Waals surface area contributed by atoms with Gasteiger partial charge in [-0.15, -0.1) is 0 Å². The van der Waals surface area contributed by atoms with E-state index in [4.69, 9.17) is 38.0 Å². The minimum atomic E-state index is -0.145. The van der Waals surface area contributed by atoms with Crippen LogP contribution in [0.15, 0.2) is 36.0 Å². The molecule has 0 unspecified atom stereocenters. The van der Waals surface area contributed by atoms with Crippen LogP contribution in [0.2, 0.25) is 5.02 Å². The minimum Gasteiger partial charge on any atom is -0.496 e. The van der Waals surface area contributed by atoms with E-state index >= 15 is 0 Å². The highest BCUT2D eigenvalue weighted by atomic mass is 35.5. The number of rotatable bonds is 10. The van der Waals surface area contributed by atoms with Gasteiger partial charge in [0.1, 0.15) is 23.8 Å². The van der Waals surface area contributed by atoms with Gasteiger partial charge in [-0.05, 0) is 78.5 Å². The second kappa shape index (κ2) is 11.7. The lowest BCUT2D eigenvalue weighted by Gasteiger charge is -2.17. The first-order valence-corrected chi connectivity index (χ1v) is 12.0. The van der Waals surface area contributed by atoms with Crippen LogP contribution in [0, 0.1) is 6.92 Å². The third-order valence-electron chi connectivity index (χ3n) is 5.60. The quantitative estimate of drug-likeness (QED) is 0.265. The largest absolute Gasteiger partial charge is 0.496 e. The molecule has 1 fully saturated rings. The summed E-state index contributed by atoms with van der Waals surface area (Å²) in [6.45, 7) is 7.56. The average molecular weight is 503 g/mol. The summed E-state index contributed by atoms with van der Waals surface area (Å²) in [6, 6.07) is 9.65. The third-order valence-corrected chi connectivity index (χ3v) is 6.33. The molecule has 0 spiro atoms. The van der Waals surface area contributed by atoms with Crippen molar-refractivity contribution in [2.75, 3.05) is 27.4 Å². The molecule has 34 heavy (non-hydrogen) atoms. The number of amides is 1. The second-order valence-electron chi connectivity index (χ2n) is 8.45. The number of carbonyl (C=O) groups is 1. The van der Waals surface area contributed by atoms with Crippen LogP contribution in [0.4, 0.5) is 0 Å². The maximum Gasteiger partial charge on any atom is 0.276 e. The molecule has 1 saturated heterocycles. The molecular weight excluding hydrogens is 472 g/mol. The Morgan fingerprint density at radius 1 is 1.18 bits per heavy atom. The fourth-order valence-electron chi connectivity index (χ4n) is 3.71. The van der Waals surface area contributed by atoms with Crippen LogP contribution in [0.25, 0.3) is 6.08 Å². The molecule has 6 nitrogen and oxygen atoms in total. The van der Waals surface area contributed by atoms with Crippen molar-refractivity contribution in [2.24, 2.45) is 0 Å². The molecule has 1 aliphatic heterocycles. The summed E-state index contributed by atoms with van der Waals surface area (Å²) in [4.78, 5) is 14.4. The zero-order valence-corrected chi connectivity index (χ0v) is 21.8. The first kappa shape index (κ1) is 26.0. The summed E-state index contributed by atoms with van der Waals surface area (Å²) in [5.41, 5.74) is 4.16. The van der Waals surface area contributed by atoms with E-state index in [9.17, 15) is 4.79 Å². The molecule has 1 amide bonds. The van der Waals surface area contributed by atoms with E-state index in [0.717, 1.165) is 33.0 Å². The van der Waals surface area contributed by atoms with Crippen LogP contribution in [0.5, 0.6) is 11.5 Å². The van der Waals surface area contributed by atoms with Crippen LogP contribution < -0.4 is 14.8 Å². The van der Waals surface area contributed by atoms with Crippen molar-refractivity contribution in [1.29, 1.82) is 0 Å². The molecule has 1 heterocycles. The molecule has 2 aromatic carbocycles. The normalized spacial score (nSPS) is 14.8. The summed E-state index contributed by atoms with van der Waals surface area (Å²) < 4.78 is 16.8. The first-order valence-electron chi connectivity index (χ1n) is 11.2. The van der Waals surface area contributed by atoms with Crippen molar-refractivity contribution in [3.05, 3.63) is 63.3 Å². The van der Waals surface area contributed by atoms with Crippen molar-refractivity contribution >= 4 is 40.9 Å². The Hall–Kier alpha value is -2.61. The van der Waals surface area contributed by atoms with Crippen molar-refractivity contribution in [3.8, 4) is 11.5 Å². The lowest BCUT2D eigenvalue weighted by Crippen LogP contribution is -2.32. The SMILES string of the molecule is COCCCN1C(=O)/C(=C\c2ccc(OC)c(COc3cc(C)c(Cl)cc3C(C)C)c2)NC1=S. The number of halogens is 1. The third kappa shape index (κ3) is 6.09. The van der Waals surface area contributed by atoms with Gasteiger partial charge in [0.25, 0.3) is 5.91 Å². The number of nitrogens with one attached hydrogen (secondary N) is 1. The Bertz CT molecular complexity index is 1100. The maximum atomic E-state index is 12.8. The smallest absolute Gasteiger partial charge is 0.276 e. The van der Waals surface area contributed by atoms with Gasteiger partial charge in [-0.25, -0.2) is 0 Å². The Labute approximate surface area is 211 Å². The second-order valence-corrected chi connectivity index (χ2v) is 9.24. The fourth-order valence-corrected chi connectivity index (χ4v) is 4.17. The molecule has 1 aliphatic rings. The van der Waals surface area contributed by atoms with Gasteiger partial charge in [0, 0.05) is 30.8 Å². The predicted octanol–water partition coefficient (Wildman–Crippen LogP) is 5.45. The van der Waals surface area contributed by atoms with E-state index in [-0.39, 0.29) is 11.8 Å². The predicted molar refractivity (Wildman–Crippen MR) is 140 cm³/mol. The van der Waals surface area contributed by atoms with E-state index < -0.39 is 0 Å². The topological polar surface area (TPSA) is 60.0 Å². The van der Waals surface area contributed by atoms with Crippen molar-refractivity contribution < 1.29 is 19.0 Å². The molecular formula is C26H31ClN2O4S. The first-order chi connectivity index (χ1) is 16.2. The average Bonchev–Trinajstić information content (AvgIpc) is 3.07. The molecule has 0 aliphatic carbocycles. The van der Waals surface area contributed by atoms with Gasteiger partial charge in [0.2, 0.25) is 0 Å². The van der Waals surface area contributed by atoms with Crippen LogP contribution in [-0.4, -0.2) is 43.3 Å². The number of hydrogen-bond acceptors (Lipinski definition) is 5. The van der Waals surface area contributed by atoms with E-state index in [1.54, 1.807) is 25.2 Å². The highest BCUT2D eigenvalue weighted by molar-refractivity contribution is 7.80. The van der Waals surface area contributed by atoms with Gasteiger partial charge in [-0.3, -0.25) is 9.69 Å². The highest BCUT2D eigenvalue weighted by Gasteiger charge is 2.30. The van der Waals surface area contributed by atoms with Crippen molar-refractivity contribution in [1.82, 2.24) is 10.2 Å². The lowest BCUT2D eigenvalue weighted by atomic mass is 10.0. The van der Waals surface area contributed by atoms with Crippen LogP contribution >= 0.6 is 23.8 Å². The minimum absolute atomic E-state index is 0.145. The number of benzene rings is 2. The Morgan fingerprint density at radius 2 is 1.94 bits per heavy atom. The molecule has 182 valence electrons. The summed E-state index contributed by atoms with van der Waals surface area (Å²) in [7, 11) is 3.26. The number of thiocarbonyl (C=S) groups is 1. The highest BCUT2D eigenvalue weighted by Crippen LogP contribution is 2.33. The Morgan fingerprint density at radius 3 is 2.62 bits per heavy atom. The molecule has 1 N–H and O–H groups in total. The number of nitrogens with zero attached hydrogens (tertiary/aromatic N) is 1. The number of ether oxygens (including phenoxy) is 3. The zero-order chi connectivity index (χ0) is 24.8. The molecule has 0 aromatic heterocycles. The fraction of sp³-hybridized carbons (Fsp3) is 0.385. The standard InChI is InChI=1S/C26H31ClN2O4S/c1-16(2)20-14-21(27)17(3)11-24(20)33-15-19-12-18(7-8-23(19)32-5)13-22-25(30)29(26(34)28-22)9-6-10-31-4/h7-8,11-14,16H,6,9-10,15H2,1-5H3,(H,28,34)/b22-13+. The van der Waals surface area contributed by atoms with E-state index in [1.807, 2.05) is 37.3 Å². The zero-order valence-electron chi connectivity index (χ0n) is 20.2. The van der Waals surface area contributed by atoms with E-state index in [1.165, 1.54) is 0 Å². The number of aryl methyl sites for hydroxylation is 1. The molecule has 0 atom stereocenters. The summed E-state index contributed by atoms with van der Waals surface area (Å²) in [5.74, 6) is 1.63. The maximum absolute atomic E-state index is 12.8. The number of carbonyl (C=O) groups excluding carboxylic acids is 1. The van der Waals surface area contributed by atoms with Gasteiger partial charge >= 0.3 is 0 Å². The number of methoxy groups -OCH3 is 2. The molecule has 0 radical (unpaired) electrons. The van der Waals surface area contributed by atoms with Crippen LogP contribution in [0.1, 0.15) is 48.4 Å². The number of hydrogen-bond donors (Lipinski definition) is 1. The van der Waals surface area contributed by atoms with Crippen LogP contribution in [-0.2, 0) is 16.1 Å². The van der Waals surface area contributed by atoms with Gasteiger partial charge in [-0.1, -0.05) is 31.5 Å². The summed E-state index contributed by atoms with van der Waals surface area (Å²) in [5, 5.41) is 4.15. The monoisotopic (exact) mass is 502 g/mol. The summed E-state index contributed by atoms with van der Waals surface area (Å²) in [6.07, 6.45) is 2.50. The molecule has 8 heteroatoms. The lowest BCUT2D eigenvalue weighted by molar-refractivity contribution is -0.122. The summed E-state index contributed by atoms with van der Waals surface area (Å²) >= 11 is 11.7. The van der Waals surface area contributed by atoms with Gasteiger partial charge in [0.15, 0.2) is 5.11 Å².